The second-order valence-corrected chi connectivity index (χ2v) is 14.0. The molecule has 0 aliphatic rings. The largest absolute Gasteiger partial charge is 0.478 e. The molecule has 0 spiro atoms. The highest BCUT2D eigenvalue weighted by molar-refractivity contribution is 7.18. The number of anilines is 2. The molecule has 14 heteroatoms. The third-order valence-corrected chi connectivity index (χ3v) is 10.5. The van der Waals surface area contributed by atoms with E-state index in [2.05, 4.69) is 10.6 Å². The summed E-state index contributed by atoms with van der Waals surface area (Å²) in [5, 5.41) is 30.4. The van der Waals surface area contributed by atoms with Gasteiger partial charge < -0.3 is 20.8 Å². The van der Waals surface area contributed by atoms with E-state index in [0.717, 1.165) is 32.0 Å². The van der Waals surface area contributed by atoms with Gasteiger partial charge in [0.05, 0.1) is 10.6 Å². The van der Waals surface area contributed by atoms with Gasteiger partial charge in [-0.15, -0.1) is 45.3 Å². The van der Waals surface area contributed by atoms with Crippen LogP contribution in [0.3, 0.4) is 0 Å². The first-order chi connectivity index (χ1) is 22.5. The summed E-state index contributed by atoms with van der Waals surface area (Å²) in [4.78, 5) is 50.6. The lowest BCUT2D eigenvalue weighted by Crippen LogP contribution is -2.13. The zero-order chi connectivity index (χ0) is 33.7. The summed E-state index contributed by atoms with van der Waals surface area (Å²) >= 11 is 11.3. The number of thiophene rings is 4. The van der Waals surface area contributed by atoms with Gasteiger partial charge in [0.15, 0.2) is 0 Å². The van der Waals surface area contributed by atoms with Crippen LogP contribution in [0.2, 0.25) is 5.02 Å². The molecule has 4 N–H and O–H groups in total. The zero-order valence-corrected chi connectivity index (χ0v) is 28.1. The standard InChI is InChI=1S/C17H12FNO3S2.C16H10ClNO3S2/c1-9-5-6-13(24-9)12-8-23-16(14(12)17(21)22)19-15(20)10-3-2-4-11(18)7-10;17-11-5-2-1-4-9(11)14(19)18-15-13(16(20)21)10(8-23-15)12-6-3-7-22-12/h2-8H,1H3,(H,19,20)(H,21,22);1-8H,(H,18,19)(H,20,21). The van der Waals surface area contributed by atoms with Crippen LogP contribution in [0.4, 0.5) is 14.4 Å². The maximum Gasteiger partial charge on any atom is 0.339 e. The monoisotopic (exact) mass is 724 g/mol. The molecule has 238 valence electrons. The van der Waals surface area contributed by atoms with Gasteiger partial charge in [0, 0.05) is 42.1 Å². The van der Waals surface area contributed by atoms with E-state index in [4.69, 9.17) is 11.6 Å². The van der Waals surface area contributed by atoms with E-state index in [9.17, 15) is 33.8 Å². The van der Waals surface area contributed by atoms with Crippen molar-refractivity contribution in [1.82, 2.24) is 0 Å². The first-order valence-electron chi connectivity index (χ1n) is 13.5. The van der Waals surface area contributed by atoms with Crippen molar-refractivity contribution in [2.24, 2.45) is 0 Å². The van der Waals surface area contributed by atoms with Gasteiger partial charge in [0.1, 0.15) is 26.9 Å². The molecule has 4 aromatic heterocycles. The van der Waals surface area contributed by atoms with Crippen molar-refractivity contribution in [3.63, 3.8) is 0 Å². The molecular formula is C33H22ClFN2O6S4. The number of hydrogen-bond acceptors (Lipinski definition) is 8. The number of benzene rings is 2. The fourth-order valence-electron chi connectivity index (χ4n) is 4.32. The van der Waals surface area contributed by atoms with Crippen molar-refractivity contribution in [2.75, 3.05) is 10.6 Å². The first kappa shape index (κ1) is 33.7. The Morgan fingerprint density at radius 1 is 0.723 bits per heavy atom. The molecule has 4 heterocycles. The quantitative estimate of drug-likeness (QED) is 0.124. The van der Waals surface area contributed by atoms with Gasteiger partial charge in [0.25, 0.3) is 11.8 Å². The van der Waals surface area contributed by atoms with E-state index in [0.29, 0.717) is 26.7 Å². The Bertz CT molecular complexity index is 2100. The van der Waals surface area contributed by atoms with E-state index in [1.807, 2.05) is 36.6 Å². The maximum absolute atomic E-state index is 13.2. The fourth-order valence-corrected chi connectivity index (χ4v) is 8.22. The van der Waals surface area contributed by atoms with Crippen molar-refractivity contribution in [3.05, 3.63) is 127 Å². The number of amides is 2. The average Bonchev–Trinajstić information content (AvgIpc) is 3.84. The van der Waals surface area contributed by atoms with E-state index < -0.39 is 29.6 Å². The minimum Gasteiger partial charge on any atom is -0.478 e. The van der Waals surface area contributed by atoms with E-state index in [1.165, 1.54) is 52.2 Å². The molecule has 0 unspecified atom stereocenters. The smallest absolute Gasteiger partial charge is 0.339 e. The molecule has 0 aliphatic heterocycles. The molecule has 6 rings (SSSR count). The molecule has 0 fully saturated rings. The van der Waals surface area contributed by atoms with Gasteiger partial charge in [-0.05, 0) is 60.8 Å². The topological polar surface area (TPSA) is 133 Å². The number of aryl methyl sites for hydroxylation is 1. The second kappa shape index (κ2) is 14.8. The molecule has 0 saturated heterocycles. The lowest BCUT2D eigenvalue weighted by molar-refractivity contribution is 0.0688. The Hall–Kier alpha value is -4.66. The highest BCUT2D eigenvalue weighted by atomic mass is 35.5. The summed E-state index contributed by atoms with van der Waals surface area (Å²) in [7, 11) is 0. The van der Waals surface area contributed by atoms with Gasteiger partial charge in [-0.2, -0.15) is 0 Å². The first-order valence-corrected chi connectivity index (χ1v) is 17.3. The number of halogens is 2. The van der Waals surface area contributed by atoms with Crippen LogP contribution in [-0.4, -0.2) is 34.0 Å². The van der Waals surface area contributed by atoms with E-state index in [1.54, 1.807) is 35.0 Å². The number of carbonyl (C=O) groups excluding carboxylic acids is 2. The molecule has 6 aromatic rings. The summed E-state index contributed by atoms with van der Waals surface area (Å²) in [5.41, 5.74) is 1.75. The van der Waals surface area contributed by atoms with Crippen LogP contribution in [-0.2, 0) is 0 Å². The fraction of sp³-hybridized carbons (Fsp3) is 0.0303. The van der Waals surface area contributed by atoms with Crippen molar-refractivity contribution in [3.8, 4) is 20.9 Å². The van der Waals surface area contributed by atoms with Crippen molar-refractivity contribution < 1.29 is 33.8 Å². The number of rotatable bonds is 8. The van der Waals surface area contributed by atoms with Gasteiger partial charge in [-0.3, -0.25) is 9.59 Å². The SMILES string of the molecule is Cc1ccc(-c2csc(NC(=O)c3cccc(F)c3)c2C(=O)O)s1.O=C(Nc1scc(-c2cccs2)c1C(=O)O)c1ccccc1Cl. The Morgan fingerprint density at radius 3 is 1.91 bits per heavy atom. The third kappa shape index (κ3) is 7.84. The second-order valence-electron chi connectivity index (χ2n) is 9.60. The zero-order valence-electron chi connectivity index (χ0n) is 24.1. The van der Waals surface area contributed by atoms with Crippen LogP contribution in [0, 0.1) is 12.7 Å². The lowest BCUT2D eigenvalue weighted by atomic mass is 10.1. The Morgan fingerprint density at radius 2 is 1.36 bits per heavy atom. The number of carbonyl (C=O) groups is 4. The normalized spacial score (nSPS) is 10.5. The molecule has 47 heavy (non-hydrogen) atoms. The Balaban J connectivity index is 0.000000185. The summed E-state index contributed by atoms with van der Waals surface area (Å²) in [6.07, 6.45) is 0. The van der Waals surface area contributed by atoms with Crippen LogP contribution in [0.25, 0.3) is 20.9 Å². The number of nitrogens with one attached hydrogen (secondary N) is 2. The van der Waals surface area contributed by atoms with Gasteiger partial charge in [-0.1, -0.05) is 35.9 Å². The third-order valence-electron chi connectivity index (χ3n) is 6.46. The number of aromatic carboxylic acids is 2. The van der Waals surface area contributed by atoms with Gasteiger partial charge in [-0.25, -0.2) is 14.0 Å². The average molecular weight is 725 g/mol. The number of hydrogen-bond donors (Lipinski definition) is 4. The van der Waals surface area contributed by atoms with Crippen LogP contribution in [0.1, 0.15) is 46.3 Å². The summed E-state index contributed by atoms with van der Waals surface area (Å²) in [6, 6.07) is 19.3. The Labute approximate surface area is 288 Å². The summed E-state index contributed by atoms with van der Waals surface area (Å²) < 4.78 is 13.2. The van der Waals surface area contributed by atoms with Crippen LogP contribution < -0.4 is 10.6 Å². The van der Waals surface area contributed by atoms with Crippen LogP contribution in [0.15, 0.2) is 88.9 Å². The summed E-state index contributed by atoms with van der Waals surface area (Å²) in [5.74, 6) is -3.71. The van der Waals surface area contributed by atoms with Crippen molar-refractivity contribution in [2.45, 2.75) is 6.92 Å². The highest BCUT2D eigenvalue weighted by Gasteiger charge is 2.24. The minimum absolute atomic E-state index is 0.0478. The molecule has 0 bridgehead atoms. The van der Waals surface area contributed by atoms with Crippen molar-refractivity contribution in [1.29, 1.82) is 0 Å². The van der Waals surface area contributed by atoms with Crippen molar-refractivity contribution >= 4 is 90.7 Å². The Kier molecular flexibility index (Phi) is 10.6. The predicted octanol–water partition coefficient (Wildman–Crippen LogP) is 9.96. The molecule has 0 saturated carbocycles. The van der Waals surface area contributed by atoms with Gasteiger partial charge >= 0.3 is 11.9 Å². The van der Waals surface area contributed by atoms with Crippen LogP contribution in [0.5, 0.6) is 0 Å². The lowest BCUT2D eigenvalue weighted by Gasteiger charge is -2.06. The number of carboxylic acids is 2. The molecule has 0 atom stereocenters. The number of carboxylic acid groups (broad SMARTS) is 2. The highest BCUT2D eigenvalue weighted by Crippen LogP contribution is 2.40. The molecular weight excluding hydrogens is 703 g/mol. The molecule has 0 radical (unpaired) electrons. The van der Waals surface area contributed by atoms with Crippen LogP contribution >= 0.6 is 56.9 Å². The maximum atomic E-state index is 13.2. The van der Waals surface area contributed by atoms with E-state index in [-0.39, 0.29) is 21.7 Å². The van der Waals surface area contributed by atoms with E-state index >= 15 is 0 Å². The minimum atomic E-state index is -1.12. The molecule has 2 amide bonds. The summed E-state index contributed by atoms with van der Waals surface area (Å²) in [6.45, 7) is 1.94. The predicted molar refractivity (Wildman–Crippen MR) is 188 cm³/mol. The molecule has 8 nitrogen and oxygen atoms in total. The molecule has 2 aromatic carbocycles. The van der Waals surface area contributed by atoms with Gasteiger partial charge in [0.2, 0.25) is 0 Å². The molecule has 0 aliphatic carbocycles.